The van der Waals surface area contributed by atoms with Crippen LogP contribution in [-0.4, -0.2) is 27.7 Å². The van der Waals surface area contributed by atoms with Gasteiger partial charge in [-0.3, -0.25) is 9.63 Å². The highest BCUT2D eigenvalue weighted by atomic mass is 32.1. The topological polar surface area (TPSA) is 59.7 Å². The molecule has 1 fully saturated rings. The lowest BCUT2D eigenvalue weighted by atomic mass is 10.3. The molecule has 0 amide bonds. The molecule has 1 aliphatic heterocycles. The third-order valence-corrected chi connectivity index (χ3v) is 3.78. The first kappa shape index (κ1) is 11.6. The molecule has 0 radical (unpaired) electrons. The average molecular weight is 266 g/mol. The van der Waals surface area contributed by atoms with Gasteiger partial charge in [-0.15, -0.1) is 5.10 Å². The molecular weight excluding hydrogens is 252 g/mol. The number of hydrogen-bond acceptors (Lipinski definition) is 6. The van der Waals surface area contributed by atoms with E-state index in [0.29, 0.717) is 16.7 Å². The number of rotatable bonds is 2. The van der Waals surface area contributed by atoms with Crippen molar-refractivity contribution in [1.29, 1.82) is 0 Å². The van der Waals surface area contributed by atoms with Gasteiger partial charge in [0.1, 0.15) is 0 Å². The second-order valence-corrected chi connectivity index (χ2v) is 5.10. The van der Waals surface area contributed by atoms with Gasteiger partial charge in [-0.1, -0.05) is 18.3 Å². The van der Waals surface area contributed by atoms with Crippen LogP contribution in [0.1, 0.15) is 25.5 Å². The minimum atomic E-state index is -0.128. The van der Waals surface area contributed by atoms with Gasteiger partial charge in [0, 0.05) is 18.3 Å². The number of aromatic nitrogens is 3. The van der Waals surface area contributed by atoms with E-state index in [1.807, 2.05) is 6.92 Å². The summed E-state index contributed by atoms with van der Waals surface area (Å²) in [6, 6.07) is 1.54. The van der Waals surface area contributed by atoms with Crippen LogP contribution in [0.5, 0.6) is 0 Å². The number of nitrogens with zero attached hydrogens (tertiary/aromatic N) is 4. The highest BCUT2D eigenvalue weighted by Crippen LogP contribution is 2.23. The number of hydrogen-bond donors (Lipinski definition) is 0. The number of anilines is 1. The zero-order chi connectivity index (χ0) is 12.5. The van der Waals surface area contributed by atoms with E-state index >= 15 is 0 Å². The minimum Gasteiger partial charge on any atom is -0.271 e. The van der Waals surface area contributed by atoms with Crippen molar-refractivity contribution in [2.45, 2.75) is 26.2 Å². The first-order chi connectivity index (χ1) is 8.78. The number of fused-ring (bicyclic) bond motifs is 1. The molecule has 96 valence electrons. The van der Waals surface area contributed by atoms with Crippen LogP contribution in [0.25, 0.3) is 4.96 Å². The van der Waals surface area contributed by atoms with Crippen molar-refractivity contribution in [1.82, 2.24) is 14.6 Å². The van der Waals surface area contributed by atoms with Crippen molar-refractivity contribution in [2.24, 2.45) is 0 Å². The molecular formula is C11H14N4O2S. The maximum Gasteiger partial charge on any atom is 0.275 e. The summed E-state index contributed by atoms with van der Waals surface area (Å²) in [5.74, 6) is 0. The largest absolute Gasteiger partial charge is 0.275 e. The van der Waals surface area contributed by atoms with Crippen molar-refractivity contribution in [3.8, 4) is 0 Å². The van der Waals surface area contributed by atoms with Crippen LogP contribution in [0.2, 0.25) is 0 Å². The van der Waals surface area contributed by atoms with Gasteiger partial charge in [0.15, 0.2) is 0 Å². The Morgan fingerprint density at radius 2 is 2.39 bits per heavy atom. The first-order valence-electron chi connectivity index (χ1n) is 6.08. The zero-order valence-electron chi connectivity index (χ0n) is 10.1. The van der Waals surface area contributed by atoms with Crippen molar-refractivity contribution < 1.29 is 4.84 Å². The summed E-state index contributed by atoms with van der Waals surface area (Å²) < 4.78 is 1.34. The van der Waals surface area contributed by atoms with Crippen molar-refractivity contribution >= 4 is 21.4 Å². The van der Waals surface area contributed by atoms with E-state index in [9.17, 15) is 4.79 Å². The van der Waals surface area contributed by atoms with E-state index in [2.05, 4.69) is 10.1 Å². The summed E-state index contributed by atoms with van der Waals surface area (Å²) in [5, 5.41) is 6.73. The van der Waals surface area contributed by atoms with Crippen LogP contribution in [-0.2, 0) is 11.3 Å². The fourth-order valence-corrected chi connectivity index (χ4v) is 2.79. The Bertz CT molecular complexity index is 615. The number of hydroxylamine groups is 1. The van der Waals surface area contributed by atoms with Crippen LogP contribution in [0.15, 0.2) is 10.9 Å². The maximum absolute atomic E-state index is 11.9. The summed E-state index contributed by atoms with van der Waals surface area (Å²) in [4.78, 5) is 22.4. The van der Waals surface area contributed by atoms with Gasteiger partial charge >= 0.3 is 0 Å². The van der Waals surface area contributed by atoms with Crippen LogP contribution in [0, 0.1) is 0 Å². The highest BCUT2D eigenvalue weighted by molar-refractivity contribution is 7.20. The molecule has 1 saturated heterocycles. The van der Waals surface area contributed by atoms with E-state index in [-0.39, 0.29) is 5.56 Å². The molecule has 1 aliphatic rings. The fraction of sp³-hybridized carbons (Fsp3) is 0.545. The fourth-order valence-electron chi connectivity index (χ4n) is 1.88. The molecule has 0 saturated carbocycles. The molecule has 0 atom stereocenters. The van der Waals surface area contributed by atoms with Gasteiger partial charge in [-0.25, -0.2) is 10.0 Å². The first-order valence-corrected chi connectivity index (χ1v) is 6.90. The molecule has 18 heavy (non-hydrogen) atoms. The molecule has 6 nitrogen and oxygen atoms in total. The van der Waals surface area contributed by atoms with Gasteiger partial charge in [0.05, 0.1) is 6.61 Å². The second-order valence-electron chi connectivity index (χ2n) is 4.16. The summed E-state index contributed by atoms with van der Waals surface area (Å²) in [7, 11) is 0. The maximum atomic E-state index is 11.9. The Balaban J connectivity index is 2.04. The van der Waals surface area contributed by atoms with E-state index in [0.717, 1.165) is 31.5 Å². The standard InChI is InChI=1S/C11H14N4O2S/c1-2-8-7-9(16)15-10(12-8)18-11(13-15)14-5-3-4-6-17-14/h7H,2-6H2,1H3. The summed E-state index contributed by atoms with van der Waals surface area (Å²) in [6.45, 7) is 3.50. The van der Waals surface area contributed by atoms with Crippen molar-refractivity contribution in [3.05, 3.63) is 22.1 Å². The second kappa shape index (κ2) is 4.66. The molecule has 0 bridgehead atoms. The lowest BCUT2D eigenvalue weighted by molar-refractivity contribution is 0.0773. The summed E-state index contributed by atoms with van der Waals surface area (Å²) in [6.07, 6.45) is 2.90. The normalized spacial score (nSPS) is 16.4. The molecule has 2 aromatic rings. The molecule has 0 unspecified atom stereocenters. The monoisotopic (exact) mass is 266 g/mol. The van der Waals surface area contributed by atoms with Crippen molar-refractivity contribution in [2.75, 3.05) is 18.2 Å². The zero-order valence-corrected chi connectivity index (χ0v) is 10.9. The Labute approximate surface area is 108 Å². The molecule has 0 aliphatic carbocycles. The van der Waals surface area contributed by atoms with E-state index in [1.54, 1.807) is 5.06 Å². The molecule has 3 heterocycles. The minimum absolute atomic E-state index is 0.128. The Morgan fingerprint density at radius 1 is 1.50 bits per heavy atom. The van der Waals surface area contributed by atoms with Gasteiger partial charge in [-0.05, 0) is 19.3 Å². The lowest BCUT2D eigenvalue weighted by Crippen LogP contribution is -2.30. The smallest absolute Gasteiger partial charge is 0.271 e. The Hall–Kier alpha value is -1.47. The van der Waals surface area contributed by atoms with Crippen molar-refractivity contribution in [3.63, 3.8) is 0 Å². The van der Waals surface area contributed by atoms with Crippen LogP contribution >= 0.6 is 11.3 Å². The molecule has 3 rings (SSSR count). The molecule has 0 N–H and O–H groups in total. The SMILES string of the molecule is CCc1cc(=O)n2nc(N3CCCCO3)sc2n1. The highest BCUT2D eigenvalue weighted by Gasteiger charge is 2.17. The molecule has 2 aromatic heterocycles. The summed E-state index contributed by atoms with van der Waals surface area (Å²) >= 11 is 1.39. The average Bonchev–Trinajstić information content (AvgIpc) is 2.84. The van der Waals surface area contributed by atoms with Gasteiger partial charge in [-0.2, -0.15) is 4.52 Å². The van der Waals surface area contributed by atoms with Crippen LogP contribution in [0.4, 0.5) is 5.13 Å². The molecule has 0 spiro atoms. The lowest BCUT2D eigenvalue weighted by Gasteiger charge is -2.24. The third kappa shape index (κ3) is 1.99. The van der Waals surface area contributed by atoms with Gasteiger partial charge in [0.25, 0.3) is 5.56 Å². The third-order valence-electron chi connectivity index (χ3n) is 2.87. The van der Waals surface area contributed by atoms with E-state index < -0.39 is 0 Å². The Morgan fingerprint density at radius 3 is 3.11 bits per heavy atom. The van der Waals surface area contributed by atoms with Crippen LogP contribution < -0.4 is 10.6 Å². The Kier molecular flexibility index (Phi) is 3.00. The summed E-state index contributed by atoms with van der Waals surface area (Å²) in [5.41, 5.74) is 0.672. The predicted molar refractivity (Wildman–Crippen MR) is 69.0 cm³/mol. The predicted octanol–water partition coefficient (Wildman–Crippen LogP) is 1.25. The van der Waals surface area contributed by atoms with Gasteiger partial charge < -0.3 is 0 Å². The van der Waals surface area contributed by atoms with E-state index in [1.165, 1.54) is 21.9 Å². The van der Waals surface area contributed by atoms with Crippen LogP contribution in [0.3, 0.4) is 0 Å². The molecule has 0 aromatic carbocycles. The van der Waals surface area contributed by atoms with E-state index in [4.69, 9.17) is 4.84 Å². The van der Waals surface area contributed by atoms with Gasteiger partial charge in [0.2, 0.25) is 10.1 Å². The number of aryl methyl sites for hydroxylation is 1. The molecule has 7 heteroatoms. The quantitative estimate of drug-likeness (QED) is 0.818.